The predicted molar refractivity (Wildman–Crippen MR) is 137 cm³/mol. The number of fused-ring (bicyclic) bond motifs is 3. The summed E-state index contributed by atoms with van der Waals surface area (Å²) in [5.74, 6) is 0.0330. The van der Waals surface area contributed by atoms with Crippen LogP contribution in [-0.2, 0) is 0 Å². The molecule has 1 saturated heterocycles. The number of hydrogen-bond acceptors (Lipinski definition) is 5. The predicted octanol–water partition coefficient (Wildman–Crippen LogP) is 4.35. The Kier molecular flexibility index (Phi) is 5.22. The monoisotopic (exact) mass is 487 g/mol. The van der Waals surface area contributed by atoms with E-state index in [1.807, 2.05) is 41.3 Å². The molecule has 2 atom stereocenters. The molecule has 6 rings (SSSR count). The van der Waals surface area contributed by atoms with E-state index < -0.39 is 23.3 Å². The molecular formula is C28H26FN3O4. The summed E-state index contributed by atoms with van der Waals surface area (Å²) in [5, 5.41) is 14.2. The average molecular weight is 488 g/mol. The summed E-state index contributed by atoms with van der Waals surface area (Å²) in [6, 6.07) is 12.9. The summed E-state index contributed by atoms with van der Waals surface area (Å²) in [7, 11) is 0. The van der Waals surface area contributed by atoms with Gasteiger partial charge in [-0.25, -0.2) is 4.39 Å². The molecule has 4 aromatic rings. The first-order valence-corrected chi connectivity index (χ1v) is 12.2. The maximum Gasteiger partial charge on any atom is 0.256 e. The summed E-state index contributed by atoms with van der Waals surface area (Å²) in [6.07, 6.45) is 1.66. The summed E-state index contributed by atoms with van der Waals surface area (Å²) >= 11 is 0. The minimum atomic E-state index is -0.773. The van der Waals surface area contributed by atoms with Crippen molar-refractivity contribution >= 4 is 33.3 Å². The van der Waals surface area contributed by atoms with Crippen LogP contribution >= 0.6 is 0 Å². The third kappa shape index (κ3) is 3.52. The molecule has 2 N–H and O–H groups in total. The van der Waals surface area contributed by atoms with E-state index in [0.717, 1.165) is 17.2 Å². The molecule has 3 aromatic carbocycles. The molecule has 0 spiro atoms. The Morgan fingerprint density at radius 2 is 2.00 bits per heavy atom. The van der Waals surface area contributed by atoms with Crippen molar-refractivity contribution in [2.45, 2.75) is 26.4 Å². The smallest absolute Gasteiger partial charge is 0.256 e. The van der Waals surface area contributed by atoms with Gasteiger partial charge in [0.05, 0.1) is 17.2 Å². The standard InChI is InChI=1S/C28H26FN3O4/c1-15-7-8-31(13-15)25-21(29)11-19-24-27(25)36-23-10-18-6-4-3-5-17(18)9-22(23)32(24)14-20(26(19)34)28(35)30-12-16(2)33/h3-6,9-11,14-16,33H,7-8,12-13H2,1-2H3,(H,30,35)/t15?,16-/m1/s1. The molecule has 1 amide bonds. The van der Waals surface area contributed by atoms with Gasteiger partial charge in [0.1, 0.15) is 16.8 Å². The van der Waals surface area contributed by atoms with Gasteiger partial charge in [-0.15, -0.1) is 0 Å². The number of carbonyl (C=O) groups is 1. The van der Waals surface area contributed by atoms with E-state index in [4.69, 9.17) is 4.74 Å². The quantitative estimate of drug-likeness (QED) is 0.394. The highest BCUT2D eigenvalue weighted by atomic mass is 19.1. The van der Waals surface area contributed by atoms with Gasteiger partial charge < -0.3 is 24.6 Å². The lowest BCUT2D eigenvalue weighted by molar-refractivity contribution is 0.0922. The summed E-state index contributed by atoms with van der Waals surface area (Å²) < 4.78 is 23.8. The van der Waals surface area contributed by atoms with E-state index >= 15 is 4.39 Å². The lowest BCUT2D eigenvalue weighted by Gasteiger charge is -2.29. The van der Waals surface area contributed by atoms with Gasteiger partial charge in [-0.1, -0.05) is 31.2 Å². The van der Waals surface area contributed by atoms with Crippen molar-refractivity contribution in [1.82, 2.24) is 9.88 Å². The van der Waals surface area contributed by atoms with Gasteiger partial charge in [0.25, 0.3) is 5.91 Å². The van der Waals surface area contributed by atoms with E-state index in [0.29, 0.717) is 41.6 Å². The van der Waals surface area contributed by atoms with Crippen molar-refractivity contribution in [2.24, 2.45) is 5.92 Å². The number of nitrogens with one attached hydrogen (secondary N) is 1. The molecular weight excluding hydrogens is 461 g/mol. The number of aliphatic hydroxyl groups excluding tert-OH is 1. The second kappa shape index (κ2) is 8.34. The van der Waals surface area contributed by atoms with Gasteiger partial charge in [-0.3, -0.25) is 9.59 Å². The maximum absolute atomic E-state index is 15.7. The normalized spacial score (nSPS) is 17.2. The van der Waals surface area contributed by atoms with E-state index in [1.54, 1.807) is 11.5 Å². The zero-order chi connectivity index (χ0) is 25.1. The molecule has 0 radical (unpaired) electrons. The number of ether oxygens (including phenoxy) is 1. The van der Waals surface area contributed by atoms with Crippen LogP contribution in [0.3, 0.4) is 0 Å². The van der Waals surface area contributed by atoms with Gasteiger partial charge in [0, 0.05) is 25.8 Å². The molecule has 0 aliphatic carbocycles. The highest BCUT2D eigenvalue weighted by Crippen LogP contribution is 2.48. The number of carbonyl (C=O) groups excluding carboxylic acids is 1. The summed E-state index contributed by atoms with van der Waals surface area (Å²) in [5.41, 5.74) is 0.717. The van der Waals surface area contributed by atoms with Gasteiger partial charge in [-0.05, 0) is 48.2 Å². The lowest BCUT2D eigenvalue weighted by atomic mass is 10.0. The van der Waals surface area contributed by atoms with Gasteiger partial charge >= 0.3 is 0 Å². The fraction of sp³-hybridized carbons (Fsp3) is 0.286. The number of amides is 1. The van der Waals surface area contributed by atoms with Crippen molar-refractivity contribution in [3.8, 4) is 17.2 Å². The van der Waals surface area contributed by atoms with Crippen molar-refractivity contribution < 1.29 is 19.0 Å². The maximum atomic E-state index is 15.7. The number of aromatic nitrogens is 1. The molecule has 7 nitrogen and oxygen atoms in total. The SMILES string of the molecule is CC1CCN(c2c(F)cc3c(=O)c(C(=O)NC[C@@H](C)O)cn4c3c2Oc2cc3ccccc3cc2-4)C1. The first kappa shape index (κ1) is 22.5. The highest BCUT2D eigenvalue weighted by Gasteiger charge is 2.32. The van der Waals surface area contributed by atoms with Crippen molar-refractivity contribution in [3.05, 3.63) is 70.3 Å². The molecule has 1 aromatic heterocycles. The largest absolute Gasteiger partial charge is 0.451 e. The summed E-state index contributed by atoms with van der Waals surface area (Å²) in [6.45, 7) is 5.04. The fourth-order valence-corrected chi connectivity index (χ4v) is 5.22. The van der Waals surface area contributed by atoms with Crippen LogP contribution in [0.1, 0.15) is 30.6 Å². The Morgan fingerprint density at radius 3 is 2.69 bits per heavy atom. The molecule has 2 aliphatic rings. The Labute approximate surface area is 206 Å². The molecule has 2 aliphatic heterocycles. The third-order valence-corrected chi connectivity index (χ3v) is 7.01. The van der Waals surface area contributed by atoms with E-state index in [9.17, 15) is 14.7 Å². The zero-order valence-corrected chi connectivity index (χ0v) is 20.0. The van der Waals surface area contributed by atoms with Gasteiger partial charge in [0.15, 0.2) is 17.3 Å². The molecule has 8 heteroatoms. The van der Waals surface area contributed by atoms with Gasteiger partial charge in [0.2, 0.25) is 5.43 Å². The van der Waals surface area contributed by atoms with Crippen LogP contribution in [0.4, 0.5) is 10.1 Å². The molecule has 0 bridgehead atoms. The number of hydrogen-bond donors (Lipinski definition) is 2. The first-order chi connectivity index (χ1) is 17.3. The van der Waals surface area contributed by atoms with Gasteiger partial charge in [-0.2, -0.15) is 0 Å². The highest BCUT2D eigenvalue weighted by molar-refractivity contribution is 6.02. The Balaban J connectivity index is 1.66. The minimum Gasteiger partial charge on any atom is -0.451 e. The lowest BCUT2D eigenvalue weighted by Crippen LogP contribution is -2.34. The Bertz CT molecular complexity index is 1610. The van der Waals surface area contributed by atoms with E-state index in [-0.39, 0.29) is 23.2 Å². The fourth-order valence-electron chi connectivity index (χ4n) is 5.22. The third-order valence-electron chi connectivity index (χ3n) is 7.01. The topological polar surface area (TPSA) is 83.8 Å². The van der Waals surface area contributed by atoms with E-state index in [1.165, 1.54) is 12.3 Å². The van der Waals surface area contributed by atoms with E-state index in [2.05, 4.69) is 12.2 Å². The second-order valence-corrected chi connectivity index (χ2v) is 9.84. The zero-order valence-electron chi connectivity index (χ0n) is 20.0. The number of pyridine rings is 1. The van der Waals surface area contributed by atoms with Crippen molar-refractivity contribution in [1.29, 1.82) is 0 Å². The van der Waals surface area contributed by atoms with Crippen LogP contribution in [0.5, 0.6) is 11.5 Å². The average Bonchev–Trinajstić information content (AvgIpc) is 3.28. The number of aliphatic hydroxyl groups is 1. The van der Waals surface area contributed by atoms with Crippen LogP contribution < -0.4 is 20.4 Å². The Hall–Kier alpha value is -3.91. The van der Waals surface area contributed by atoms with Crippen molar-refractivity contribution in [3.63, 3.8) is 0 Å². The molecule has 1 fully saturated rings. The molecule has 3 heterocycles. The Morgan fingerprint density at radius 1 is 1.25 bits per heavy atom. The second-order valence-electron chi connectivity index (χ2n) is 9.84. The number of benzene rings is 3. The van der Waals surface area contributed by atoms with Crippen LogP contribution in [0.2, 0.25) is 0 Å². The molecule has 1 unspecified atom stereocenters. The minimum absolute atomic E-state index is 0.00760. The van der Waals surface area contributed by atoms with Crippen LogP contribution in [0, 0.1) is 11.7 Å². The first-order valence-electron chi connectivity index (χ1n) is 12.2. The number of halogens is 1. The summed E-state index contributed by atoms with van der Waals surface area (Å²) in [4.78, 5) is 28.4. The number of nitrogens with zero attached hydrogens (tertiary/aromatic N) is 2. The van der Waals surface area contributed by atoms with Crippen LogP contribution in [0.25, 0.3) is 27.4 Å². The molecule has 184 valence electrons. The van der Waals surface area contributed by atoms with Crippen LogP contribution in [0.15, 0.2) is 53.5 Å². The van der Waals surface area contributed by atoms with Crippen LogP contribution in [-0.4, -0.2) is 41.3 Å². The van der Waals surface area contributed by atoms with Crippen molar-refractivity contribution in [2.75, 3.05) is 24.5 Å². The molecule has 36 heavy (non-hydrogen) atoms. The molecule has 0 saturated carbocycles. The number of rotatable bonds is 4. The number of anilines is 1.